The monoisotopic (exact) mass is 470 g/mol. The van der Waals surface area contributed by atoms with Crippen LogP contribution < -0.4 is 4.90 Å². The van der Waals surface area contributed by atoms with Crippen molar-refractivity contribution in [3.8, 4) is 5.69 Å². The number of ether oxygens (including phenoxy) is 1. The first kappa shape index (κ1) is 23.3. The lowest BCUT2D eigenvalue weighted by Gasteiger charge is -2.27. The molecule has 1 atom stereocenters. The van der Waals surface area contributed by atoms with Gasteiger partial charge in [-0.3, -0.25) is 4.79 Å². The Morgan fingerprint density at radius 1 is 1.24 bits per heavy atom. The quantitative estimate of drug-likeness (QED) is 0.494. The number of halogens is 2. The van der Waals surface area contributed by atoms with Crippen LogP contribution in [0.25, 0.3) is 5.69 Å². The number of hydrogen-bond acceptors (Lipinski definition) is 4. The molecule has 0 unspecified atom stereocenters. The Morgan fingerprint density at radius 3 is 2.70 bits per heavy atom. The van der Waals surface area contributed by atoms with Crippen molar-refractivity contribution in [3.63, 3.8) is 0 Å². The van der Waals surface area contributed by atoms with E-state index in [2.05, 4.69) is 0 Å². The van der Waals surface area contributed by atoms with Gasteiger partial charge >= 0.3 is 0 Å². The molecule has 6 nitrogen and oxygen atoms in total. The predicted molar refractivity (Wildman–Crippen MR) is 128 cm³/mol. The van der Waals surface area contributed by atoms with Crippen LogP contribution in [0.15, 0.2) is 48.5 Å². The van der Waals surface area contributed by atoms with Crippen LogP contribution in [-0.4, -0.2) is 53.9 Å². The molecule has 8 heteroatoms. The molecule has 1 aromatic heterocycles. The molecular formula is C25H28ClFN4O2. The summed E-state index contributed by atoms with van der Waals surface area (Å²) in [4.78, 5) is 17.1. The zero-order valence-corrected chi connectivity index (χ0v) is 19.8. The van der Waals surface area contributed by atoms with Crippen molar-refractivity contribution >= 4 is 23.3 Å². The van der Waals surface area contributed by atoms with Crippen molar-refractivity contribution < 1.29 is 13.9 Å². The molecule has 3 aromatic rings. The third-order valence-electron chi connectivity index (χ3n) is 5.82. The number of hydrogen-bond donors (Lipinski definition) is 0. The molecule has 33 heavy (non-hydrogen) atoms. The minimum atomic E-state index is -0.529. The first-order valence-corrected chi connectivity index (χ1v) is 11.4. The van der Waals surface area contributed by atoms with Gasteiger partial charge in [-0.15, -0.1) is 0 Å². The van der Waals surface area contributed by atoms with Crippen LogP contribution in [-0.2, 0) is 11.3 Å². The zero-order valence-electron chi connectivity index (χ0n) is 19.1. The maximum Gasteiger partial charge on any atom is 0.257 e. The molecule has 0 bridgehead atoms. The number of amides is 1. The highest BCUT2D eigenvalue weighted by molar-refractivity contribution is 6.30. The number of anilines is 1. The fourth-order valence-electron chi connectivity index (χ4n) is 4.23. The second-order valence-corrected chi connectivity index (χ2v) is 8.91. The van der Waals surface area contributed by atoms with E-state index in [1.54, 1.807) is 17.0 Å². The molecule has 1 fully saturated rings. The molecule has 0 aliphatic carbocycles. The largest absolute Gasteiger partial charge is 0.376 e. The Labute approximate surface area is 198 Å². The lowest BCUT2D eigenvalue weighted by molar-refractivity contribution is 0.0503. The summed E-state index contributed by atoms with van der Waals surface area (Å²) in [6.45, 7) is 3.27. The fourth-order valence-corrected chi connectivity index (χ4v) is 4.41. The summed E-state index contributed by atoms with van der Waals surface area (Å²) in [5.41, 5.74) is 2.56. The van der Waals surface area contributed by atoms with Crippen LogP contribution in [0.1, 0.15) is 34.5 Å². The summed E-state index contributed by atoms with van der Waals surface area (Å²) in [5.74, 6) is -0.0457. The summed E-state index contributed by atoms with van der Waals surface area (Å²) in [6.07, 6.45) is 1.77. The molecule has 0 N–H and O–H groups in total. The number of rotatable bonds is 7. The van der Waals surface area contributed by atoms with Crippen LogP contribution in [0.5, 0.6) is 0 Å². The minimum Gasteiger partial charge on any atom is -0.376 e. The number of benzene rings is 2. The van der Waals surface area contributed by atoms with E-state index in [1.807, 2.05) is 54.9 Å². The maximum atomic E-state index is 14.5. The van der Waals surface area contributed by atoms with Gasteiger partial charge in [-0.1, -0.05) is 29.8 Å². The molecule has 0 radical (unpaired) electrons. The van der Waals surface area contributed by atoms with Crippen LogP contribution in [0.2, 0.25) is 5.02 Å². The number of carbonyl (C=O) groups excluding carboxylic acids is 1. The number of nitrogens with zero attached hydrogens (tertiary/aromatic N) is 4. The summed E-state index contributed by atoms with van der Waals surface area (Å²) >= 11 is 6.22. The molecule has 2 aromatic carbocycles. The van der Waals surface area contributed by atoms with E-state index in [0.717, 1.165) is 35.6 Å². The third kappa shape index (κ3) is 5.04. The average Bonchev–Trinajstić information content (AvgIpc) is 3.41. The molecule has 1 aliphatic rings. The highest BCUT2D eigenvalue weighted by Gasteiger charge is 2.28. The Bertz CT molecular complexity index is 1140. The Morgan fingerprint density at radius 2 is 2.03 bits per heavy atom. The highest BCUT2D eigenvalue weighted by atomic mass is 35.5. The van der Waals surface area contributed by atoms with Gasteiger partial charge in [-0.25, -0.2) is 9.07 Å². The van der Waals surface area contributed by atoms with Gasteiger partial charge in [-0.05, 0) is 50.1 Å². The SMILES string of the molecule is Cc1nn(-c2cccc(Cl)c2)c(N(C)C)c1CN(C[C@H]1CCCO1)C(=O)c1ccccc1F. The van der Waals surface area contributed by atoms with E-state index >= 15 is 0 Å². The summed E-state index contributed by atoms with van der Waals surface area (Å²) in [7, 11) is 3.87. The molecule has 1 amide bonds. The Kier molecular flexibility index (Phi) is 7.00. The van der Waals surface area contributed by atoms with Crippen LogP contribution >= 0.6 is 11.6 Å². The Hall–Kier alpha value is -2.90. The van der Waals surface area contributed by atoms with E-state index in [0.29, 0.717) is 18.2 Å². The average molecular weight is 471 g/mol. The standard InChI is InChI=1S/C25H28ClFN4O2/c1-17-22(24(29(2)3)31(28-17)19-9-6-8-18(26)14-19)16-30(15-20-10-7-13-33-20)25(32)21-11-4-5-12-23(21)27/h4-6,8-9,11-12,14,20H,7,10,13,15-16H2,1-3H3/t20-/m1/s1. The van der Waals surface area contributed by atoms with Crippen molar-refractivity contribution in [1.82, 2.24) is 14.7 Å². The smallest absolute Gasteiger partial charge is 0.257 e. The van der Waals surface area contributed by atoms with Gasteiger partial charge in [-0.2, -0.15) is 5.10 Å². The van der Waals surface area contributed by atoms with Crippen molar-refractivity contribution in [2.24, 2.45) is 0 Å². The van der Waals surface area contributed by atoms with Crippen molar-refractivity contribution in [2.75, 3.05) is 32.1 Å². The topological polar surface area (TPSA) is 50.6 Å². The molecule has 1 saturated heterocycles. The number of carbonyl (C=O) groups is 1. The van der Waals surface area contributed by atoms with E-state index in [-0.39, 0.29) is 24.1 Å². The van der Waals surface area contributed by atoms with E-state index in [9.17, 15) is 9.18 Å². The van der Waals surface area contributed by atoms with E-state index in [4.69, 9.17) is 21.4 Å². The van der Waals surface area contributed by atoms with Crippen LogP contribution in [0.3, 0.4) is 0 Å². The Balaban J connectivity index is 1.73. The number of aromatic nitrogens is 2. The second-order valence-electron chi connectivity index (χ2n) is 8.47. The molecule has 0 saturated carbocycles. The van der Waals surface area contributed by atoms with Crippen LogP contribution in [0, 0.1) is 12.7 Å². The van der Waals surface area contributed by atoms with Gasteiger partial charge in [0.05, 0.1) is 29.6 Å². The maximum absolute atomic E-state index is 14.5. The fraction of sp³-hybridized carbons (Fsp3) is 0.360. The van der Waals surface area contributed by atoms with E-state index < -0.39 is 5.82 Å². The summed E-state index contributed by atoms with van der Waals surface area (Å²) in [6, 6.07) is 13.6. The van der Waals surface area contributed by atoms with Crippen molar-refractivity contribution in [1.29, 1.82) is 0 Å². The molecule has 1 aliphatic heterocycles. The van der Waals surface area contributed by atoms with Gasteiger partial charge in [0, 0.05) is 37.8 Å². The van der Waals surface area contributed by atoms with Crippen LogP contribution in [0.4, 0.5) is 10.2 Å². The van der Waals surface area contributed by atoms with Crippen molar-refractivity contribution in [2.45, 2.75) is 32.4 Å². The minimum absolute atomic E-state index is 0.0572. The third-order valence-corrected chi connectivity index (χ3v) is 6.06. The highest BCUT2D eigenvalue weighted by Crippen LogP contribution is 2.29. The first-order valence-electron chi connectivity index (χ1n) is 11.0. The molecule has 4 rings (SSSR count). The molecule has 174 valence electrons. The van der Waals surface area contributed by atoms with Gasteiger partial charge < -0.3 is 14.5 Å². The van der Waals surface area contributed by atoms with Crippen molar-refractivity contribution in [3.05, 3.63) is 76.2 Å². The van der Waals surface area contributed by atoms with Gasteiger partial charge in [0.2, 0.25) is 0 Å². The predicted octanol–water partition coefficient (Wildman–Crippen LogP) is 4.86. The zero-order chi connectivity index (χ0) is 23.5. The molecule has 0 spiro atoms. The molecule has 2 heterocycles. The van der Waals surface area contributed by atoms with Gasteiger partial charge in [0.1, 0.15) is 11.6 Å². The lowest BCUT2D eigenvalue weighted by atomic mass is 10.1. The second kappa shape index (κ2) is 9.93. The summed E-state index contributed by atoms with van der Waals surface area (Å²) in [5, 5.41) is 5.36. The lowest BCUT2D eigenvalue weighted by Crippen LogP contribution is -2.37. The van der Waals surface area contributed by atoms with Gasteiger partial charge in [0.15, 0.2) is 0 Å². The molecular weight excluding hydrogens is 443 g/mol. The normalized spacial score (nSPS) is 15.6. The van der Waals surface area contributed by atoms with E-state index in [1.165, 1.54) is 12.1 Å². The van der Waals surface area contributed by atoms with Gasteiger partial charge in [0.25, 0.3) is 5.91 Å². The number of aryl methyl sites for hydroxylation is 1. The summed E-state index contributed by atoms with van der Waals surface area (Å²) < 4.78 is 22.1. The first-order chi connectivity index (χ1) is 15.8.